The second-order valence-electron chi connectivity index (χ2n) is 2.62. The van der Waals surface area contributed by atoms with Gasteiger partial charge in [-0.05, 0) is 12.1 Å². The molecule has 1 aromatic carbocycles. The van der Waals surface area contributed by atoms with E-state index in [1.165, 1.54) is 6.26 Å². The average Bonchev–Trinajstić information content (AvgIpc) is 2.26. The van der Waals surface area contributed by atoms with Crippen LogP contribution in [0.25, 0.3) is 0 Å². The molecule has 0 amide bonds. The molecule has 14 heavy (non-hydrogen) atoms. The van der Waals surface area contributed by atoms with Gasteiger partial charge >= 0.3 is 0 Å². The minimum absolute atomic E-state index is 0.464. The van der Waals surface area contributed by atoms with Crippen molar-refractivity contribution in [3.05, 3.63) is 43.2 Å². The summed E-state index contributed by atoms with van der Waals surface area (Å²) in [6, 6.07) is 9.48. The third kappa shape index (κ3) is 2.83. The van der Waals surface area contributed by atoms with Crippen molar-refractivity contribution in [2.45, 2.75) is 0 Å². The Morgan fingerprint density at radius 3 is 2.71 bits per heavy atom. The third-order valence-electron chi connectivity index (χ3n) is 1.74. The van der Waals surface area contributed by atoms with Gasteiger partial charge < -0.3 is 4.74 Å². The summed E-state index contributed by atoms with van der Waals surface area (Å²) in [6.07, 6.45) is 3.47. The van der Waals surface area contributed by atoms with Crippen LogP contribution in [0.3, 0.4) is 0 Å². The number of anilines is 1. The maximum absolute atomic E-state index is 8.87. The molecule has 72 valence electrons. The molecule has 0 heterocycles. The van der Waals surface area contributed by atoms with Crippen LogP contribution in [-0.4, -0.2) is 13.2 Å². The van der Waals surface area contributed by atoms with E-state index in [9.17, 15) is 0 Å². The maximum Gasteiger partial charge on any atom is 0.184 e. The van der Waals surface area contributed by atoms with Gasteiger partial charge in [-0.25, -0.2) is 0 Å². The summed E-state index contributed by atoms with van der Waals surface area (Å²) >= 11 is 0. The van der Waals surface area contributed by atoms with Gasteiger partial charge in [0, 0.05) is 0 Å². The predicted octanol–water partition coefficient (Wildman–Crippen LogP) is 2.13. The first-order valence-corrected chi connectivity index (χ1v) is 4.33. The van der Waals surface area contributed by atoms with Crippen molar-refractivity contribution < 1.29 is 4.74 Å². The zero-order valence-electron chi connectivity index (χ0n) is 7.89. The standard InChI is InChI=1S/C11H12N2O/c1-2-14-9-8-13(10-12)11-6-4-3-5-7-11/h2-7H,1,8-9H2. The first-order chi connectivity index (χ1) is 6.88. The van der Waals surface area contributed by atoms with Crippen LogP contribution in [0.2, 0.25) is 0 Å². The molecule has 0 fully saturated rings. The number of rotatable bonds is 5. The highest BCUT2D eigenvalue weighted by molar-refractivity contribution is 5.49. The Morgan fingerprint density at radius 1 is 1.43 bits per heavy atom. The lowest BCUT2D eigenvalue weighted by atomic mass is 10.3. The fourth-order valence-electron chi connectivity index (χ4n) is 1.07. The minimum Gasteiger partial charge on any atom is -0.500 e. The Hall–Kier alpha value is -1.95. The Kier molecular flexibility index (Phi) is 4.09. The Bertz CT molecular complexity index is 316. The van der Waals surface area contributed by atoms with E-state index >= 15 is 0 Å². The van der Waals surface area contributed by atoms with Crippen LogP contribution in [0.1, 0.15) is 0 Å². The van der Waals surface area contributed by atoms with Gasteiger partial charge in [-0.3, -0.25) is 4.90 Å². The molecule has 3 nitrogen and oxygen atoms in total. The van der Waals surface area contributed by atoms with Crippen LogP contribution < -0.4 is 4.90 Å². The predicted molar refractivity (Wildman–Crippen MR) is 55.6 cm³/mol. The molecule has 0 aliphatic rings. The summed E-state index contributed by atoms with van der Waals surface area (Å²) in [5.74, 6) is 0. The lowest BCUT2D eigenvalue weighted by Crippen LogP contribution is -2.21. The van der Waals surface area contributed by atoms with E-state index in [-0.39, 0.29) is 0 Å². The molecular weight excluding hydrogens is 176 g/mol. The first-order valence-electron chi connectivity index (χ1n) is 4.33. The molecule has 1 aromatic rings. The van der Waals surface area contributed by atoms with E-state index in [1.807, 2.05) is 30.3 Å². The van der Waals surface area contributed by atoms with Gasteiger partial charge in [0.2, 0.25) is 0 Å². The van der Waals surface area contributed by atoms with Crippen LogP contribution in [0.5, 0.6) is 0 Å². The highest BCUT2D eigenvalue weighted by Crippen LogP contribution is 2.11. The van der Waals surface area contributed by atoms with Crippen LogP contribution >= 0.6 is 0 Å². The zero-order valence-corrected chi connectivity index (χ0v) is 7.89. The van der Waals surface area contributed by atoms with Gasteiger partial charge in [0.15, 0.2) is 6.19 Å². The van der Waals surface area contributed by atoms with E-state index in [2.05, 4.69) is 12.8 Å². The molecule has 0 unspecified atom stereocenters. The molecular formula is C11H12N2O. The van der Waals surface area contributed by atoms with E-state index in [0.29, 0.717) is 13.2 Å². The quantitative estimate of drug-likeness (QED) is 0.307. The molecule has 0 radical (unpaired) electrons. The fraction of sp³-hybridized carbons (Fsp3) is 0.182. The van der Waals surface area contributed by atoms with Gasteiger partial charge in [0.25, 0.3) is 0 Å². The third-order valence-corrected chi connectivity index (χ3v) is 1.74. The summed E-state index contributed by atoms with van der Waals surface area (Å²) in [5.41, 5.74) is 0.877. The van der Waals surface area contributed by atoms with Crippen molar-refractivity contribution in [1.82, 2.24) is 0 Å². The number of hydrogen-bond acceptors (Lipinski definition) is 3. The first kappa shape index (κ1) is 10.1. The van der Waals surface area contributed by atoms with Crippen molar-refractivity contribution in [2.75, 3.05) is 18.1 Å². The average molecular weight is 188 g/mol. The van der Waals surface area contributed by atoms with Gasteiger partial charge in [-0.1, -0.05) is 24.8 Å². The number of nitriles is 1. The summed E-state index contributed by atoms with van der Waals surface area (Å²) in [4.78, 5) is 1.57. The van der Waals surface area contributed by atoms with Gasteiger partial charge in [0.1, 0.15) is 6.61 Å². The summed E-state index contributed by atoms with van der Waals surface area (Å²) in [5, 5.41) is 8.87. The Morgan fingerprint density at radius 2 is 2.14 bits per heavy atom. The molecule has 1 rings (SSSR count). The summed E-state index contributed by atoms with van der Waals surface area (Å²) in [6.45, 7) is 4.43. The Labute approximate surface area is 83.8 Å². The van der Waals surface area contributed by atoms with E-state index in [4.69, 9.17) is 10.00 Å². The summed E-state index contributed by atoms with van der Waals surface area (Å²) in [7, 11) is 0. The molecule has 3 heteroatoms. The molecule has 0 aliphatic heterocycles. The zero-order chi connectivity index (χ0) is 10.2. The molecule has 0 aromatic heterocycles. The Balaban J connectivity index is 2.55. The number of nitrogens with zero attached hydrogens (tertiary/aromatic N) is 2. The van der Waals surface area contributed by atoms with E-state index < -0.39 is 0 Å². The highest BCUT2D eigenvalue weighted by Gasteiger charge is 2.02. The van der Waals surface area contributed by atoms with Crippen LogP contribution in [0.4, 0.5) is 5.69 Å². The van der Waals surface area contributed by atoms with Gasteiger partial charge in [-0.2, -0.15) is 5.26 Å². The monoisotopic (exact) mass is 188 g/mol. The summed E-state index contributed by atoms with van der Waals surface area (Å²) < 4.78 is 4.96. The van der Waals surface area contributed by atoms with Crippen LogP contribution in [0, 0.1) is 11.5 Å². The lowest BCUT2D eigenvalue weighted by Gasteiger charge is -2.14. The molecule has 0 saturated carbocycles. The molecule has 0 saturated heterocycles. The highest BCUT2D eigenvalue weighted by atomic mass is 16.5. The number of hydrogen-bond donors (Lipinski definition) is 0. The van der Waals surface area contributed by atoms with Crippen molar-refractivity contribution in [3.8, 4) is 6.19 Å². The van der Waals surface area contributed by atoms with E-state index in [1.54, 1.807) is 4.90 Å². The topological polar surface area (TPSA) is 36.3 Å². The van der Waals surface area contributed by atoms with Crippen molar-refractivity contribution in [1.29, 1.82) is 5.26 Å². The molecule has 0 N–H and O–H groups in total. The number of ether oxygens (including phenoxy) is 1. The largest absolute Gasteiger partial charge is 0.500 e. The fourth-order valence-corrected chi connectivity index (χ4v) is 1.07. The second kappa shape index (κ2) is 5.65. The number of para-hydroxylation sites is 1. The molecule has 0 bridgehead atoms. The van der Waals surface area contributed by atoms with Crippen LogP contribution in [-0.2, 0) is 4.74 Å². The normalized spacial score (nSPS) is 8.79. The van der Waals surface area contributed by atoms with Crippen molar-refractivity contribution in [3.63, 3.8) is 0 Å². The van der Waals surface area contributed by atoms with E-state index in [0.717, 1.165) is 5.69 Å². The van der Waals surface area contributed by atoms with Gasteiger partial charge in [0.05, 0.1) is 18.5 Å². The number of benzene rings is 1. The van der Waals surface area contributed by atoms with Crippen molar-refractivity contribution in [2.24, 2.45) is 0 Å². The minimum atomic E-state index is 0.464. The molecule has 0 atom stereocenters. The van der Waals surface area contributed by atoms with Gasteiger partial charge in [-0.15, -0.1) is 0 Å². The molecule has 0 aliphatic carbocycles. The maximum atomic E-state index is 8.87. The van der Waals surface area contributed by atoms with Crippen molar-refractivity contribution >= 4 is 5.69 Å². The second-order valence-corrected chi connectivity index (χ2v) is 2.62. The molecule has 0 spiro atoms. The van der Waals surface area contributed by atoms with Crippen LogP contribution in [0.15, 0.2) is 43.2 Å². The smallest absolute Gasteiger partial charge is 0.184 e. The lowest BCUT2D eigenvalue weighted by molar-refractivity contribution is 0.260. The SMILES string of the molecule is C=COCCN(C#N)c1ccccc1.